The van der Waals surface area contributed by atoms with Crippen molar-refractivity contribution in [3.8, 4) is 0 Å². The Hall–Kier alpha value is -2.06. The number of fused-ring (bicyclic) bond motifs is 1. The molecule has 1 aromatic heterocycles. The Bertz CT molecular complexity index is 1050. The van der Waals surface area contributed by atoms with Crippen LogP contribution in [-0.2, 0) is 4.74 Å². The molecule has 0 aliphatic carbocycles. The number of ether oxygens (including phenoxy) is 1. The van der Waals surface area contributed by atoms with Crippen LogP contribution in [0.5, 0.6) is 0 Å². The average molecular weight is 464 g/mol. The van der Waals surface area contributed by atoms with Gasteiger partial charge in [-0.1, -0.05) is 35.1 Å². The summed E-state index contributed by atoms with van der Waals surface area (Å²) >= 11 is 1.36. The Labute approximate surface area is 192 Å². The normalized spacial score (nSPS) is 14.4. The second-order valence-electron chi connectivity index (χ2n) is 7.67. The summed E-state index contributed by atoms with van der Waals surface area (Å²) in [7, 11) is 0. The van der Waals surface area contributed by atoms with Crippen LogP contribution in [-0.4, -0.2) is 55.2 Å². The van der Waals surface area contributed by atoms with E-state index in [1.807, 2.05) is 38.1 Å². The van der Waals surface area contributed by atoms with E-state index in [-0.39, 0.29) is 24.1 Å². The number of nitrogens with zero attached hydrogens (tertiary/aromatic N) is 3. The van der Waals surface area contributed by atoms with Crippen LogP contribution in [0.25, 0.3) is 10.2 Å². The molecule has 1 fully saturated rings. The molecule has 0 bridgehead atoms. The molecule has 1 amide bonds. The second-order valence-corrected chi connectivity index (χ2v) is 8.67. The van der Waals surface area contributed by atoms with Crippen LogP contribution in [0, 0.1) is 19.7 Å². The van der Waals surface area contributed by atoms with E-state index >= 15 is 0 Å². The molecule has 1 aliphatic rings. The van der Waals surface area contributed by atoms with Gasteiger partial charge in [0, 0.05) is 31.7 Å². The zero-order valence-corrected chi connectivity index (χ0v) is 19.4. The molecule has 4 rings (SSSR count). The maximum atomic E-state index is 14.2. The molecule has 5 nitrogen and oxygen atoms in total. The number of benzene rings is 2. The molecule has 0 spiro atoms. The van der Waals surface area contributed by atoms with Crippen LogP contribution in [0.4, 0.5) is 9.52 Å². The van der Waals surface area contributed by atoms with Gasteiger partial charge in [0.1, 0.15) is 11.3 Å². The second kappa shape index (κ2) is 10.5. The van der Waals surface area contributed by atoms with Gasteiger partial charge in [-0.15, -0.1) is 12.4 Å². The van der Waals surface area contributed by atoms with Gasteiger partial charge in [0.05, 0.1) is 17.9 Å². The van der Waals surface area contributed by atoms with Gasteiger partial charge < -0.3 is 4.74 Å². The molecule has 31 heavy (non-hydrogen) atoms. The quantitative estimate of drug-likeness (QED) is 0.524. The van der Waals surface area contributed by atoms with Crippen LogP contribution in [0.1, 0.15) is 27.9 Å². The zero-order valence-electron chi connectivity index (χ0n) is 17.8. The summed E-state index contributed by atoms with van der Waals surface area (Å²) in [6.07, 6.45) is 0.814. The van der Waals surface area contributed by atoms with Crippen molar-refractivity contribution in [3.63, 3.8) is 0 Å². The maximum absolute atomic E-state index is 14.2. The van der Waals surface area contributed by atoms with Crippen molar-refractivity contribution in [1.82, 2.24) is 9.88 Å². The maximum Gasteiger partial charge on any atom is 0.260 e. The minimum absolute atomic E-state index is 0. The Morgan fingerprint density at radius 1 is 1.23 bits per heavy atom. The van der Waals surface area contributed by atoms with Gasteiger partial charge in [0.2, 0.25) is 0 Å². The first kappa shape index (κ1) is 23.6. The summed E-state index contributed by atoms with van der Waals surface area (Å²) in [4.78, 5) is 22.1. The highest BCUT2D eigenvalue weighted by molar-refractivity contribution is 7.22. The summed E-state index contributed by atoms with van der Waals surface area (Å²) in [6, 6.07) is 10.8. The minimum Gasteiger partial charge on any atom is -0.379 e. The molecule has 8 heteroatoms. The SMILES string of the molecule is Cc1ccc(C)c(C(=O)N(CCCN2CCOCC2)c2nc3c(F)cccc3s2)c1.Cl. The fraction of sp³-hybridized carbons (Fsp3) is 0.391. The third-order valence-corrected chi connectivity index (χ3v) is 6.46. The standard InChI is InChI=1S/C23H26FN3O2S.ClH/c1-16-7-8-17(2)18(15-16)22(28)27(10-4-9-26-11-13-29-14-12-26)23-25-21-19(24)5-3-6-20(21)30-23;/h3,5-8,15H,4,9-14H2,1-2H3;1H. The Kier molecular flexibility index (Phi) is 8.00. The molecular weight excluding hydrogens is 437 g/mol. The topological polar surface area (TPSA) is 45.7 Å². The van der Waals surface area contributed by atoms with Crippen LogP contribution in [0.3, 0.4) is 0 Å². The fourth-order valence-electron chi connectivity index (χ4n) is 3.69. The van der Waals surface area contributed by atoms with Gasteiger partial charge >= 0.3 is 0 Å². The lowest BCUT2D eigenvalue weighted by atomic mass is 10.0. The van der Waals surface area contributed by atoms with Crippen molar-refractivity contribution in [2.45, 2.75) is 20.3 Å². The molecule has 0 saturated carbocycles. The lowest BCUT2D eigenvalue weighted by Gasteiger charge is -2.28. The molecule has 2 aromatic carbocycles. The zero-order chi connectivity index (χ0) is 21.1. The molecule has 1 saturated heterocycles. The van der Waals surface area contributed by atoms with Crippen molar-refractivity contribution >= 4 is 45.0 Å². The highest BCUT2D eigenvalue weighted by atomic mass is 35.5. The molecule has 0 atom stereocenters. The van der Waals surface area contributed by atoms with Gasteiger partial charge in [-0.05, 0) is 44.0 Å². The number of para-hydroxylation sites is 1. The van der Waals surface area contributed by atoms with Gasteiger partial charge in [-0.2, -0.15) is 0 Å². The summed E-state index contributed by atoms with van der Waals surface area (Å²) in [6.45, 7) is 8.67. The number of amides is 1. The van der Waals surface area contributed by atoms with Crippen LogP contribution < -0.4 is 4.90 Å². The van der Waals surface area contributed by atoms with Crippen molar-refractivity contribution < 1.29 is 13.9 Å². The molecule has 0 N–H and O–H groups in total. The van der Waals surface area contributed by atoms with E-state index in [1.165, 1.54) is 17.4 Å². The van der Waals surface area contributed by atoms with E-state index in [0.29, 0.717) is 22.8 Å². The summed E-state index contributed by atoms with van der Waals surface area (Å²) in [5.41, 5.74) is 2.95. The molecule has 166 valence electrons. The number of anilines is 1. The van der Waals surface area contributed by atoms with Crippen molar-refractivity contribution in [3.05, 3.63) is 58.9 Å². The number of hydrogen-bond acceptors (Lipinski definition) is 5. The predicted molar refractivity (Wildman–Crippen MR) is 126 cm³/mol. The number of hydrogen-bond donors (Lipinski definition) is 0. The molecule has 1 aliphatic heterocycles. The molecule has 3 aromatic rings. The first-order valence-corrected chi connectivity index (χ1v) is 11.1. The van der Waals surface area contributed by atoms with Crippen molar-refractivity contribution in [2.75, 3.05) is 44.3 Å². The monoisotopic (exact) mass is 463 g/mol. The third-order valence-electron chi connectivity index (χ3n) is 5.42. The summed E-state index contributed by atoms with van der Waals surface area (Å²) < 4.78 is 20.4. The Balaban J connectivity index is 0.00000272. The largest absolute Gasteiger partial charge is 0.379 e. The van der Waals surface area contributed by atoms with Crippen LogP contribution in [0.2, 0.25) is 0 Å². The van der Waals surface area contributed by atoms with Gasteiger partial charge in [-0.25, -0.2) is 9.37 Å². The molecular formula is C23H27ClFN3O2S. The minimum atomic E-state index is -0.359. The third kappa shape index (κ3) is 5.41. The number of rotatable bonds is 6. The number of carbonyl (C=O) groups is 1. The first-order chi connectivity index (χ1) is 14.5. The molecule has 0 unspecified atom stereocenters. The lowest BCUT2D eigenvalue weighted by Crippen LogP contribution is -2.39. The number of halogens is 2. The fourth-order valence-corrected chi connectivity index (χ4v) is 4.70. The number of aromatic nitrogens is 1. The molecule has 2 heterocycles. The highest BCUT2D eigenvalue weighted by Gasteiger charge is 2.23. The van der Waals surface area contributed by atoms with Crippen molar-refractivity contribution in [1.29, 1.82) is 0 Å². The smallest absolute Gasteiger partial charge is 0.260 e. The highest BCUT2D eigenvalue weighted by Crippen LogP contribution is 2.31. The number of morpholine rings is 1. The van der Waals surface area contributed by atoms with Gasteiger partial charge in [0.15, 0.2) is 5.13 Å². The van der Waals surface area contributed by atoms with Crippen LogP contribution in [0.15, 0.2) is 36.4 Å². The van der Waals surface area contributed by atoms with E-state index in [4.69, 9.17) is 4.74 Å². The van der Waals surface area contributed by atoms with E-state index in [2.05, 4.69) is 9.88 Å². The Morgan fingerprint density at radius 2 is 2.00 bits per heavy atom. The lowest BCUT2D eigenvalue weighted by molar-refractivity contribution is 0.0376. The van der Waals surface area contributed by atoms with E-state index in [1.54, 1.807) is 11.0 Å². The number of carbonyl (C=O) groups excluding carboxylic acids is 1. The average Bonchev–Trinajstić information content (AvgIpc) is 3.18. The predicted octanol–water partition coefficient (Wildman–Crippen LogP) is 4.84. The summed E-state index contributed by atoms with van der Waals surface area (Å²) in [5, 5.41) is 0.544. The number of thiazole rings is 1. The van der Waals surface area contributed by atoms with E-state index < -0.39 is 0 Å². The summed E-state index contributed by atoms with van der Waals surface area (Å²) in [5.74, 6) is -0.444. The first-order valence-electron chi connectivity index (χ1n) is 10.3. The van der Waals surface area contributed by atoms with E-state index in [0.717, 1.165) is 55.1 Å². The van der Waals surface area contributed by atoms with Gasteiger partial charge in [0.25, 0.3) is 5.91 Å². The van der Waals surface area contributed by atoms with Gasteiger partial charge in [-0.3, -0.25) is 14.6 Å². The van der Waals surface area contributed by atoms with Crippen molar-refractivity contribution in [2.24, 2.45) is 0 Å². The van der Waals surface area contributed by atoms with E-state index in [9.17, 15) is 9.18 Å². The van der Waals surface area contributed by atoms with Crippen LogP contribution >= 0.6 is 23.7 Å². The Morgan fingerprint density at radius 3 is 2.74 bits per heavy atom. The number of aryl methyl sites for hydroxylation is 2. The molecule has 0 radical (unpaired) electrons.